The molecule has 100 valence electrons. The number of thioether (sulfide) groups is 1. The van der Waals surface area contributed by atoms with Gasteiger partial charge in [0.15, 0.2) is 0 Å². The minimum Gasteiger partial charge on any atom is -0.370 e. The Bertz CT molecular complexity index is 410. The molecular formula is C13H22N4S. The summed E-state index contributed by atoms with van der Waals surface area (Å²) < 4.78 is 0. The molecule has 1 saturated heterocycles. The Morgan fingerprint density at radius 3 is 2.94 bits per heavy atom. The second kappa shape index (κ2) is 5.78. The zero-order chi connectivity index (χ0) is 13.1. The molecule has 1 N–H and O–H groups in total. The van der Waals surface area contributed by atoms with Gasteiger partial charge in [0.25, 0.3) is 0 Å². The molecule has 2 unspecified atom stereocenters. The second-order valence-electron chi connectivity index (χ2n) is 4.71. The molecule has 2 atom stereocenters. The summed E-state index contributed by atoms with van der Waals surface area (Å²) in [6.45, 7) is 10.7. The van der Waals surface area contributed by atoms with E-state index in [9.17, 15) is 0 Å². The molecule has 1 aromatic rings. The van der Waals surface area contributed by atoms with Gasteiger partial charge in [-0.25, -0.2) is 9.97 Å². The Morgan fingerprint density at radius 2 is 2.22 bits per heavy atom. The summed E-state index contributed by atoms with van der Waals surface area (Å²) in [6.07, 6.45) is 1.67. The fourth-order valence-corrected chi connectivity index (χ4v) is 3.41. The Kier molecular flexibility index (Phi) is 4.32. The monoisotopic (exact) mass is 266 g/mol. The minimum atomic E-state index is 0.520. The molecule has 0 saturated carbocycles. The summed E-state index contributed by atoms with van der Waals surface area (Å²) >= 11 is 2.04. The Balaban J connectivity index is 2.29. The number of hydrogen-bond donors (Lipinski definition) is 1. The van der Waals surface area contributed by atoms with E-state index in [4.69, 9.17) is 0 Å². The van der Waals surface area contributed by atoms with Gasteiger partial charge >= 0.3 is 0 Å². The lowest BCUT2D eigenvalue weighted by Crippen LogP contribution is -2.45. The van der Waals surface area contributed by atoms with E-state index in [0.29, 0.717) is 11.3 Å². The molecule has 2 rings (SSSR count). The first-order valence-electron chi connectivity index (χ1n) is 6.58. The number of hydrogen-bond acceptors (Lipinski definition) is 5. The van der Waals surface area contributed by atoms with E-state index in [1.54, 1.807) is 6.33 Å². The summed E-state index contributed by atoms with van der Waals surface area (Å²) in [5.74, 6) is 3.21. The van der Waals surface area contributed by atoms with Gasteiger partial charge < -0.3 is 10.2 Å². The molecule has 2 heterocycles. The van der Waals surface area contributed by atoms with Crippen LogP contribution in [0.25, 0.3) is 0 Å². The van der Waals surface area contributed by atoms with Crippen LogP contribution in [0.3, 0.4) is 0 Å². The molecule has 1 aromatic heterocycles. The highest BCUT2D eigenvalue weighted by atomic mass is 32.2. The maximum absolute atomic E-state index is 4.50. The largest absolute Gasteiger partial charge is 0.370 e. The molecule has 18 heavy (non-hydrogen) atoms. The summed E-state index contributed by atoms with van der Waals surface area (Å²) in [5.41, 5.74) is 1.16. The first-order chi connectivity index (χ1) is 8.65. The quantitative estimate of drug-likeness (QED) is 0.910. The van der Waals surface area contributed by atoms with Crippen LogP contribution in [0.15, 0.2) is 6.33 Å². The molecule has 1 aliphatic rings. The van der Waals surface area contributed by atoms with Crippen LogP contribution < -0.4 is 10.2 Å². The predicted molar refractivity (Wildman–Crippen MR) is 79.7 cm³/mol. The number of rotatable bonds is 3. The third-order valence-electron chi connectivity index (χ3n) is 3.56. The highest BCUT2D eigenvalue weighted by molar-refractivity contribution is 8.00. The molecule has 1 fully saturated rings. The third-order valence-corrected chi connectivity index (χ3v) is 4.90. The zero-order valence-electron chi connectivity index (χ0n) is 11.6. The van der Waals surface area contributed by atoms with Crippen molar-refractivity contribution in [2.24, 2.45) is 0 Å². The smallest absolute Gasteiger partial charge is 0.137 e. The first kappa shape index (κ1) is 13.5. The average molecular weight is 266 g/mol. The van der Waals surface area contributed by atoms with E-state index in [-0.39, 0.29) is 0 Å². The molecule has 1 aliphatic heterocycles. The number of anilines is 2. The molecular weight excluding hydrogens is 244 g/mol. The van der Waals surface area contributed by atoms with Gasteiger partial charge in [0.1, 0.15) is 18.0 Å². The summed E-state index contributed by atoms with van der Waals surface area (Å²) in [5, 5.41) is 3.95. The topological polar surface area (TPSA) is 41.1 Å². The zero-order valence-corrected chi connectivity index (χ0v) is 12.4. The summed E-state index contributed by atoms with van der Waals surface area (Å²) in [4.78, 5) is 11.2. The van der Waals surface area contributed by atoms with Crippen LogP contribution in [0.4, 0.5) is 11.6 Å². The first-order valence-corrected chi connectivity index (χ1v) is 7.63. The van der Waals surface area contributed by atoms with Crippen LogP contribution in [0.2, 0.25) is 0 Å². The number of nitrogens with zero attached hydrogens (tertiary/aromatic N) is 3. The number of nitrogens with one attached hydrogen (secondary N) is 1. The van der Waals surface area contributed by atoms with E-state index in [2.05, 4.69) is 47.9 Å². The number of aromatic nitrogens is 2. The van der Waals surface area contributed by atoms with E-state index in [0.717, 1.165) is 30.3 Å². The molecule has 0 bridgehead atoms. The fraction of sp³-hybridized carbons (Fsp3) is 0.692. The Labute approximate surface area is 114 Å². The molecule has 4 nitrogen and oxygen atoms in total. The predicted octanol–water partition coefficient (Wildman–Crippen LogP) is 2.55. The maximum Gasteiger partial charge on any atom is 0.137 e. The van der Waals surface area contributed by atoms with Gasteiger partial charge in [-0.15, -0.1) is 0 Å². The lowest BCUT2D eigenvalue weighted by Gasteiger charge is -2.39. The Morgan fingerprint density at radius 1 is 1.44 bits per heavy atom. The van der Waals surface area contributed by atoms with Gasteiger partial charge in [0.2, 0.25) is 0 Å². The summed E-state index contributed by atoms with van der Waals surface area (Å²) in [7, 11) is 0. The van der Waals surface area contributed by atoms with Crippen LogP contribution in [0, 0.1) is 6.92 Å². The van der Waals surface area contributed by atoms with Crippen molar-refractivity contribution in [3.63, 3.8) is 0 Å². The average Bonchev–Trinajstić information content (AvgIpc) is 2.36. The maximum atomic E-state index is 4.50. The highest BCUT2D eigenvalue weighted by Crippen LogP contribution is 2.31. The van der Waals surface area contributed by atoms with Crippen molar-refractivity contribution in [3.05, 3.63) is 11.9 Å². The Hall–Kier alpha value is -0.970. The second-order valence-corrected chi connectivity index (χ2v) is 6.20. The van der Waals surface area contributed by atoms with E-state index in [1.165, 1.54) is 5.75 Å². The minimum absolute atomic E-state index is 0.520. The van der Waals surface area contributed by atoms with Gasteiger partial charge in [0, 0.05) is 35.7 Å². The summed E-state index contributed by atoms with van der Waals surface area (Å²) in [6, 6.07) is 0.520. The van der Waals surface area contributed by atoms with Crippen LogP contribution >= 0.6 is 11.8 Å². The van der Waals surface area contributed by atoms with Crippen molar-refractivity contribution < 1.29 is 0 Å². The van der Waals surface area contributed by atoms with Gasteiger partial charge in [0.05, 0.1) is 0 Å². The van der Waals surface area contributed by atoms with Crippen LogP contribution in [-0.2, 0) is 0 Å². The van der Waals surface area contributed by atoms with Crippen molar-refractivity contribution in [1.29, 1.82) is 0 Å². The van der Waals surface area contributed by atoms with Gasteiger partial charge in [-0.3, -0.25) is 0 Å². The van der Waals surface area contributed by atoms with Crippen molar-refractivity contribution in [1.82, 2.24) is 9.97 Å². The van der Waals surface area contributed by atoms with E-state index in [1.807, 2.05) is 11.8 Å². The van der Waals surface area contributed by atoms with Gasteiger partial charge in [-0.1, -0.05) is 6.92 Å². The molecule has 0 amide bonds. The van der Waals surface area contributed by atoms with Gasteiger partial charge in [-0.05, 0) is 20.8 Å². The van der Waals surface area contributed by atoms with Crippen molar-refractivity contribution in [2.75, 3.05) is 29.1 Å². The normalized spacial score (nSPS) is 24.1. The van der Waals surface area contributed by atoms with E-state index >= 15 is 0 Å². The highest BCUT2D eigenvalue weighted by Gasteiger charge is 2.27. The van der Waals surface area contributed by atoms with E-state index < -0.39 is 0 Å². The lowest BCUT2D eigenvalue weighted by atomic mass is 10.2. The third kappa shape index (κ3) is 2.55. The van der Waals surface area contributed by atoms with Crippen molar-refractivity contribution >= 4 is 23.4 Å². The van der Waals surface area contributed by atoms with Crippen molar-refractivity contribution in [2.45, 2.75) is 39.0 Å². The standard InChI is InChI=1S/C13H22N4S/c1-5-14-12-9(2)13(16-8-15-12)17-6-7-18-11(4)10(17)3/h8,10-11H,5-7H2,1-4H3,(H,14,15,16). The lowest BCUT2D eigenvalue weighted by molar-refractivity contribution is 0.618. The molecule has 0 spiro atoms. The van der Waals surface area contributed by atoms with Crippen LogP contribution in [-0.4, -0.2) is 40.1 Å². The van der Waals surface area contributed by atoms with Gasteiger partial charge in [-0.2, -0.15) is 11.8 Å². The molecule has 0 aromatic carbocycles. The molecule has 0 aliphatic carbocycles. The fourth-order valence-electron chi connectivity index (χ4n) is 2.31. The SMILES string of the molecule is CCNc1ncnc(N2CCSC(C)C2C)c1C. The van der Waals surface area contributed by atoms with Crippen LogP contribution in [0.5, 0.6) is 0 Å². The van der Waals surface area contributed by atoms with Crippen LogP contribution in [0.1, 0.15) is 26.3 Å². The molecule has 0 radical (unpaired) electrons. The van der Waals surface area contributed by atoms with Crippen molar-refractivity contribution in [3.8, 4) is 0 Å². The molecule has 5 heteroatoms.